The summed E-state index contributed by atoms with van der Waals surface area (Å²) in [6.45, 7) is 2.49. The summed E-state index contributed by atoms with van der Waals surface area (Å²) in [6, 6.07) is 13.1. The molecule has 0 fully saturated rings. The van der Waals surface area contributed by atoms with Crippen molar-refractivity contribution < 1.29 is 13.2 Å². The Morgan fingerprint density at radius 1 is 1.13 bits per heavy atom. The number of anilines is 1. The first-order valence-electron chi connectivity index (χ1n) is 9.69. The van der Waals surface area contributed by atoms with Gasteiger partial charge in [0.1, 0.15) is 0 Å². The zero-order valence-corrected chi connectivity index (χ0v) is 19.2. The number of amides is 1. The van der Waals surface area contributed by atoms with Crippen LogP contribution in [0.25, 0.3) is 10.9 Å². The standard InChI is InChI=1S/C21H24N4O4S2/c1-4-13-25-20(27)17-7-5-6-8-18(17)23-21(25)30-14-19(26)22-15-9-11-16(12-10-15)31(28,29)24(2)3/h5-12H,4,13-14H2,1-3H3,(H,22,26). The van der Waals surface area contributed by atoms with Crippen LogP contribution in [0.4, 0.5) is 5.69 Å². The van der Waals surface area contributed by atoms with Gasteiger partial charge < -0.3 is 5.32 Å². The van der Waals surface area contributed by atoms with Gasteiger partial charge in [0.15, 0.2) is 5.16 Å². The number of thioether (sulfide) groups is 1. The number of carbonyl (C=O) groups excluding carboxylic acids is 1. The first-order valence-corrected chi connectivity index (χ1v) is 12.1. The van der Waals surface area contributed by atoms with Crippen LogP contribution in [0.5, 0.6) is 0 Å². The van der Waals surface area contributed by atoms with E-state index in [1.54, 1.807) is 34.9 Å². The van der Waals surface area contributed by atoms with Crippen LogP contribution in [0.15, 0.2) is 63.4 Å². The second kappa shape index (κ2) is 9.63. The second-order valence-corrected chi connectivity index (χ2v) is 10.1. The number of fused-ring (bicyclic) bond motifs is 1. The molecule has 1 aromatic heterocycles. The molecule has 10 heteroatoms. The van der Waals surface area contributed by atoms with Gasteiger partial charge in [-0.15, -0.1) is 0 Å². The van der Waals surface area contributed by atoms with Gasteiger partial charge in [-0.3, -0.25) is 14.2 Å². The molecule has 0 aliphatic rings. The number of para-hydroxylation sites is 1. The zero-order valence-electron chi connectivity index (χ0n) is 17.5. The fourth-order valence-electron chi connectivity index (χ4n) is 2.93. The third-order valence-corrected chi connectivity index (χ3v) is 7.33. The highest BCUT2D eigenvalue weighted by Gasteiger charge is 2.17. The van der Waals surface area contributed by atoms with Crippen molar-refractivity contribution in [3.05, 3.63) is 58.9 Å². The van der Waals surface area contributed by atoms with Gasteiger partial charge in [-0.2, -0.15) is 0 Å². The lowest BCUT2D eigenvalue weighted by Gasteiger charge is -2.13. The van der Waals surface area contributed by atoms with E-state index in [1.807, 2.05) is 13.0 Å². The van der Waals surface area contributed by atoms with Crippen LogP contribution in [0.1, 0.15) is 13.3 Å². The summed E-state index contributed by atoms with van der Waals surface area (Å²) in [6.07, 6.45) is 0.766. The molecular formula is C21H24N4O4S2. The van der Waals surface area contributed by atoms with Gasteiger partial charge >= 0.3 is 0 Å². The maximum absolute atomic E-state index is 12.8. The molecule has 2 aromatic carbocycles. The largest absolute Gasteiger partial charge is 0.325 e. The van der Waals surface area contributed by atoms with Crippen LogP contribution in [0, 0.1) is 0 Å². The van der Waals surface area contributed by atoms with Crippen molar-refractivity contribution in [3.63, 3.8) is 0 Å². The Balaban J connectivity index is 1.73. The number of benzene rings is 2. The lowest BCUT2D eigenvalue weighted by molar-refractivity contribution is -0.113. The first-order chi connectivity index (χ1) is 14.7. The Labute approximate surface area is 185 Å². The zero-order chi connectivity index (χ0) is 22.6. The molecule has 0 unspecified atom stereocenters. The van der Waals surface area contributed by atoms with Crippen LogP contribution < -0.4 is 10.9 Å². The smallest absolute Gasteiger partial charge is 0.262 e. The summed E-state index contributed by atoms with van der Waals surface area (Å²) < 4.78 is 27.0. The molecule has 1 amide bonds. The third-order valence-electron chi connectivity index (χ3n) is 4.52. The number of nitrogens with one attached hydrogen (secondary N) is 1. The van der Waals surface area contributed by atoms with Gasteiger partial charge in [-0.05, 0) is 42.8 Å². The minimum Gasteiger partial charge on any atom is -0.325 e. The fraction of sp³-hybridized carbons (Fsp3) is 0.286. The normalized spacial score (nSPS) is 11.7. The maximum atomic E-state index is 12.8. The van der Waals surface area contributed by atoms with E-state index < -0.39 is 10.0 Å². The maximum Gasteiger partial charge on any atom is 0.262 e. The topological polar surface area (TPSA) is 101 Å². The average Bonchev–Trinajstić information content (AvgIpc) is 2.75. The monoisotopic (exact) mass is 460 g/mol. The van der Waals surface area contributed by atoms with Crippen LogP contribution in [0.2, 0.25) is 0 Å². The minimum atomic E-state index is -3.52. The van der Waals surface area contributed by atoms with Crippen molar-refractivity contribution >= 4 is 44.3 Å². The molecule has 164 valence electrons. The molecule has 1 N–H and O–H groups in total. The van der Waals surface area contributed by atoms with Crippen molar-refractivity contribution in [2.24, 2.45) is 0 Å². The van der Waals surface area contributed by atoms with E-state index >= 15 is 0 Å². The van der Waals surface area contributed by atoms with Gasteiger partial charge in [0, 0.05) is 26.3 Å². The summed E-state index contributed by atoms with van der Waals surface area (Å²) in [5.41, 5.74) is 0.967. The first kappa shape index (κ1) is 23.0. The van der Waals surface area contributed by atoms with E-state index in [1.165, 1.54) is 38.0 Å². The Hall–Kier alpha value is -2.69. The molecule has 0 radical (unpaired) electrons. The fourth-order valence-corrected chi connectivity index (χ4v) is 4.65. The number of rotatable bonds is 8. The number of aromatic nitrogens is 2. The SMILES string of the molecule is CCCn1c(SCC(=O)Nc2ccc(S(=O)(=O)N(C)C)cc2)nc2ccccc2c1=O. The third kappa shape index (κ3) is 5.15. The molecule has 0 spiro atoms. The summed E-state index contributed by atoms with van der Waals surface area (Å²) in [5.74, 6) is -0.217. The van der Waals surface area contributed by atoms with Gasteiger partial charge in [-0.1, -0.05) is 30.8 Å². The highest BCUT2D eigenvalue weighted by atomic mass is 32.2. The van der Waals surface area contributed by atoms with Gasteiger partial charge in [0.05, 0.1) is 21.6 Å². The molecule has 1 heterocycles. The van der Waals surface area contributed by atoms with E-state index in [9.17, 15) is 18.0 Å². The van der Waals surface area contributed by atoms with Crippen molar-refractivity contribution in [1.29, 1.82) is 0 Å². The van der Waals surface area contributed by atoms with E-state index in [-0.39, 0.29) is 22.1 Å². The van der Waals surface area contributed by atoms with E-state index in [4.69, 9.17) is 0 Å². The molecule has 3 rings (SSSR count). The van der Waals surface area contributed by atoms with Crippen LogP contribution in [-0.2, 0) is 21.4 Å². The lowest BCUT2D eigenvalue weighted by atomic mass is 10.2. The predicted octanol–water partition coefficient (Wildman–Crippen LogP) is 2.79. The Morgan fingerprint density at radius 3 is 2.45 bits per heavy atom. The van der Waals surface area contributed by atoms with Crippen LogP contribution in [0.3, 0.4) is 0 Å². The van der Waals surface area contributed by atoms with Crippen LogP contribution >= 0.6 is 11.8 Å². The molecule has 0 bridgehead atoms. The summed E-state index contributed by atoms with van der Waals surface area (Å²) in [5, 5.41) is 3.79. The molecular weight excluding hydrogens is 436 g/mol. The number of nitrogens with zero attached hydrogens (tertiary/aromatic N) is 3. The molecule has 8 nitrogen and oxygen atoms in total. The Kier molecular flexibility index (Phi) is 7.14. The average molecular weight is 461 g/mol. The molecule has 0 aliphatic heterocycles. The van der Waals surface area contributed by atoms with E-state index in [0.29, 0.717) is 28.3 Å². The van der Waals surface area contributed by atoms with Crippen molar-refractivity contribution in [1.82, 2.24) is 13.9 Å². The molecule has 3 aromatic rings. The Bertz CT molecular complexity index is 1250. The summed E-state index contributed by atoms with van der Waals surface area (Å²) >= 11 is 1.19. The minimum absolute atomic E-state index is 0.0617. The molecule has 0 atom stereocenters. The van der Waals surface area contributed by atoms with Crippen molar-refractivity contribution in [2.75, 3.05) is 25.2 Å². The molecule has 0 aliphatic carbocycles. The number of sulfonamides is 1. The second-order valence-electron chi connectivity index (χ2n) is 7.02. The van der Waals surface area contributed by atoms with E-state index in [2.05, 4.69) is 10.3 Å². The van der Waals surface area contributed by atoms with Gasteiger partial charge in [-0.25, -0.2) is 17.7 Å². The summed E-state index contributed by atoms with van der Waals surface area (Å²) in [7, 11) is -0.606. The number of hydrogen-bond donors (Lipinski definition) is 1. The van der Waals surface area contributed by atoms with Crippen LogP contribution in [-0.4, -0.2) is 48.0 Å². The predicted molar refractivity (Wildman–Crippen MR) is 123 cm³/mol. The number of carbonyl (C=O) groups is 1. The molecule has 0 saturated carbocycles. The molecule has 31 heavy (non-hydrogen) atoms. The quantitative estimate of drug-likeness (QED) is 0.410. The molecule has 0 saturated heterocycles. The van der Waals surface area contributed by atoms with E-state index in [0.717, 1.165) is 10.7 Å². The van der Waals surface area contributed by atoms with Crippen molar-refractivity contribution in [2.45, 2.75) is 29.9 Å². The Morgan fingerprint density at radius 2 is 1.81 bits per heavy atom. The van der Waals surface area contributed by atoms with Crippen molar-refractivity contribution in [3.8, 4) is 0 Å². The lowest BCUT2D eigenvalue weighted by Crippen LogP contribution is -2.24. The highest BCUT2D eigenvalue weighted by molar-refractivity contribution is 7.99. The van der Waals surface area contributed by atoms with Gasteiger partial charge in [0.2, 0.25) is 15.9 Å². The van der Waals surface area contributed by atoms with Gasteiger partial charge in [0.25, 0.3) is 5.56 Å². The highest BCUT2D eigenvalue weighted by Crippen LogP contribution is 2.20. The summed E-state index contributed by atoms with van der Waals surface area (Å²) in [4.78, 5) is 29.9. The number of hydrogen-bond acceptors (Lipinski definition) is 6.